The normalized spacial score (nSPS) is 16.4. The van der Waals surface area contributed by atoms with E-state index in [9.17, 15) is 9.59 Å². The van der Waals surface area contributed by atoms with Crippen molar-refractivity contribution in [2.75, 3.05) is 32.7 Å². The van der Waals surface area contributed by atoms with E-state index in [0.29, 0.717) is 0 Å². The molecule has 2 aliphatic heterocycles. The zero-order valence-corrected chi connectivity index (χ0v) is 15.0. The molecule has 0 atom stereocenters. The van der Waals surface area contributed by atoms with Gasteiger partial charge in [0.05, 0.1) is 11.8 Å². The van der Waals surface area contributed by atoms with Crippen molar-refractivity contribution in [1.29, 1.82) is 0 Å². The molecule has 1 amide bonds. The van der Waals surface area contributed by atoms with E-state index in [1.165, 1.54) is 0 Å². The molecule has 136 valence electrons. The van der Waals surface area contributed by atoms with Gasteiger partial charge in [-0.2, -0.15) is 0 Å². The summed E-state index contributed by atoms with van der Waals surface area (Å²) in [4.78, 5) is 24.7. The fraction of sp³-hybridized carbons (Fsp3) is 0.474. The molecule has 0 radical (unpaired) electrons. The first-order chi connectivity index (χ1) is 12.1. The van der Waals surface area contributed by atoms with Gasteiger partial charge in [-0.15, -0.1) is 0 Å². The third-order valence-electron chi connectivity index (χ3n) is 3.80. The number of piperazine rings is 1. The Kier molecular flexibility index (Phi) is 7.47. The van der Waals surface area contributed by atoms with Crippen LogP contribution in [0.25, 0.3) is 0 Å². The number of hydrogen-bond donors (Lipinski definition) is 2. The van der Waals surface area contributed by atoms with Gasteiger partial charge < -0.3 is 20.3 Å². The molecule has 1 aromatic rings. The Morgan fingerprint density at radius 3 is 2.32 bits per heavy atom. The lowest BCUT2D eigenvalue weighted by molar-refractivity contribution is 0.0732. The minimum absolute atomic E-state index is 0.0209. The second kappa shape index (κ2) is 9.84. The predicted molar refractivity (Wildman–Crippen MR) is 97.5 cm³/mol. The maximum atomic E-state index is 11.7. The highest BCUT2D eigenvalue weighted by molar-refractivity contribution is 6.08. The van der Waals surface area contributed by atoms with Crippen molar-refractivity contribution < 1.29 is 14.3 Å². The van der Waals surface area contributed by atoms with Crippen LogP contribution in [0, 0.1) is 0 Å². The molecule has 0 aliphatic carbocycles. The lowest BCUT2D eigenvalue weighted by Crippen LogP contribution is -2.47. The van der Waals surface area contributed by atoms with Crippen molar-refractivity contribution in [2.24, 2.45) is 0 Å². The standard InChI is InChI=1S/C11H11NO.C8H16N2O2/c13-11(10-7-4-8-12-10)9-5-2-1-3-6-9;1-7(2)12-8(11)10-5-3-9-4-6-10/h1-3,5-7,12H,4,8H2;7,9H,3-6H2,1-2H3. The highest BCUT2D eigenvalue weighted by Crippen LogP contribution is 2.09. The van der Waals surface area contributed by atoms with E-state index in [1.54, 1.807) is 4.90 Å². The number of hydrogen-bond acceptors (Lipinski definition) is 5. The number of nitrogens with zero attached hydrogens (tertiary/aromatic N) is 1. The van der Waals surface area contributed by atoms with E-state index in [1.807, 2.05) is 50.3 Å². The highest BCUT2D eigenvalue weighted by Gasteiger charge is 2.17. The van der Waals surface area contributed by atoms with Gasteiger partial charge in [-0.25, -0.2) is 4.79 Å². The summed E-state index contributed by atoms with van der Waals surface area (Å²) in [5.74, 6) is 0.0955. The van der Waals surface area contributed by atoms with Gasteiger partial charge in [0, 0.05) is 38.3 Å². The van der Waals surface area contributed by atoms with Crippen molar-refractivity contribution in [2.45, 2.75) is 26.4 Å². The van der Waals surface area contributed by atoms with Gasteiger partial charge >= 0.3 is 6.09 Å². The quantitative estimate of drug-likeness (QED) is 0.822. The maximum Gasteiger partial charge on any atom is 0.410 e. The summed E-state index contributed by atoms with van der Waals surface area (Å²) in [6.45, 7) is 7.85. The summed E-state index contributed by atoms with van der Waals surface area (Å²) >= 11 is 0. The lowest BCUT2D eigenvalue weighted by atomic mass is 10.1. The molecule has 3 rings (SSSR count). The van der Waals surface area contributed by atoms with Gasteiger partial charge in [0.2, 0.25) is 5.78 Å². The summed E-state index contributed by atoms with van der Waals surface area (Å²) in [6.07, 6.45) is 2.70. The van der Waals surface area contributed by atoms with E-state index < -0.39 is 0 Å². The van der Waals surface area contributed by atoms with Crippen LogP contribution >= 0.6 is 0 Å². The number of Topliss-reactive ketones (excluding diaryl/α,β-unsaturated/α-hetero) is 1. The third kappa shape index (κ3) is 6.23. The van der Waals surface area contributed by atoms with Crippen LogP contribution < -0.4 is 10.6 Å². The molecule has 6 heteroatoms. The van der Waals surface area contributed by atoms with E-state index in [4.69, 9.17) is 4.74 Å². The molecule has 1 fully saturated rings. The average molecular weight is 345 g/mol. The van der Waals surface area contributed by atoms with Gasteiger partial charge in [0.15, 0.2) is 0 Å². The molecule has 25 heavy (non-hydrogen) atoms. The zero-order chi connectivity index (χ0) is 18.1. The molecule has 2 N–H and O–H groups in total. The number of benzene rings is 1. The molecule has 6 nitrogen and oxygen atoms in total. The molecule has 0 saturated carbocycles. The summed E-state index contributed by atoms with van der Waals surface area (Å²) in [5, 5.41) is 6.24. The largest absolute Gasteiger partial charge is 0.447 e. The Balaban J connectivity index is 0.000000181. The molecule has 0 unspecified atom stereocenters. The van der Waals surface area contributed by atoms with E-state index in [2.05, 4.69) is 10.6 Å². The van der Waals surface area contributed by atoms with Gasteiger partial charge in [0.25, 0.3) is 0 Å². The third-order valence-corrected chi connectivity index (χ3v) is 3.80. The average Bonchev–Trinajstić information content (AvgIpc) is 3.17. The van der Waals surface area contributed by atoms with Crippen LogP contribution in [0.1, 0.15) is 30.6 Å². The summed E-state index contributed by atoms with van der Waals surface area (Å²) in [5.41, 5.74) is 1.49. The fourth-order valence-corrected chi connectivity index (χ4v) is 2.54. The summed E-state index contributed by atoms with van der Waals surface area (Å²) < 4.78 is 5.05. The monoisotopic (exact) mass is 345 g/mol. The Morgan fingerprint density at radius 2 is 1.76 bits per heavy atom. The zero-order valence-electron chi connectivity index (χ0n) is 15.0. The van der Waals surface area contributed by atoms with Crippen LogP contribution in [-0.4, -0.2) is 55.6 Å². The molecule has 2 heterocycles. The Labute approximate surface area is 149 Å². The van der Waals surface area contributed by atoms with Crippen molar-refractivity contribution in [3.8, 4) is 0 Å². The number of carbonyl (C=O) groups is 2. The first-order valence-corrected chi connectivity index (χ1v) is 8.78. The van der Waals surface area contributed by atoms with Crippen LogP contribution in [0.15, 0.2) is 42.1 Å². The van der Waals surface area contributed by atoms with Crippen LogP contribution in [0.4, 0.5) is 4.79 Å². The van der Waals surface area contributed by atoms with Crippen LogP contribution in [-0.2, 0) is 4.74 Å². The van der Waals surface area contributed by atoms with Crippen molar-refractivity contribution >= 4 is 11.9 Å². The number of amides is 1. The molecule has 0 bridgehead atoms. The number of carbonyl (C=O) groups excluding carboxylic acids is 2. The summed E-state index contributed by atoms with van der Waals surface area (Å²) in [7, 11) is 0. The molecular weight excluding hydrogens is 318 g/mol. The van der Waals surface area contributed by atoms with Crippen molar-refractivity contribution in [3.05, 3.63) is 47.7 Å². The number of allylic oxidation sites excluding steroid dienone is 1. The van der Waals surface area contributed by atoms with Crippen molar-refractivity contribution in [1.82, 2.24) is 15.5 Å². The fourth-order valence-electron chi connectivity index (χ4n) is 2.54. The Hall–Kier alpha value is -2.34. The van der Waals surface area contributed by atoms with Gasteiger partial charge in [-0.1, -0.05) is 36.4 Å². The van der Waals surface area contributed by atoms with Crippen LogP contribution in [0.5, 0.6) is 0 Å². The molecule has 0 spiro atoms. The van der Waals surface area contributed by atoms with Crippen molar-refractivity contribution in [3.63, 3.8) is 0 Å². The minimum atomic E-state index is -0.188. The first-order valence-electron chi connectivity index (χ1n) is 8.78. The highest BCUT2D eigenvalue weighted by atomic mass is 16.6. The molecular formula is C19H27N3O3. The molecule has 1 aromatic carbocycles. The summed E-state index contributed by atoms with van der Waals surface area (Å²) in [6, 6.07) is 9.34. The molecule has 0 aromatic heterocycles. The Morgan fingerprint density at radius 1 is 1.08 bits per heavy atom. The van der Waals surface area contributed by atoms with Gasteiger partial charge in [0.1, 0.15) is 0 Å². The molecule has 1 saturated heterocycles. The topological polar surface area (TPSA) is 70.7 Å². The molecule has 2 aliphatic rings. The second-order valence-corrected chi connectivity index (χ2v) is 6.20. The van der Waals surface area contributed by atoms with Gasteiger partial charge in [-0.3, -0.25) is 4.79 Å². The first kappa shape index (κ1) is 19.0. The smallest absolute Gasteiger partial charge is 0.410 e. The Bertz CT molecular complexity index is 593. The van der Waals surface area contributed by atoms with Crippen LogP contribution in [0.2, 0.25) is 0 Å². The number of ketones is 1. The lowest BCUT2D eigenvalue weighted by Gasteiger charge is -2.27. The van der Waals surface area contributed by atoms with Crippen LogP contribution in [0.3, 0.4) is 0 Å². The maximum absolute atomic E-state index is 11.7. The van der Waals surface area contributed by atoms with Gasteiger partial charge in [-0.05, 0) is 20.3 Å². The SMILES string of the molecule is CC(C)OC(=O)N1CCNCC1.O=C(C1=CCCN1)c1ccccc1. The minimum Gasteiger partial charge on any atom is -0.447 e. The van der Waals surface area contributed by atoms with E-state index in [0.717, 1.165) is 50.4 Å². The number of ether oxygens (including phenoxy) is 1. The van der Waals surface area contributed by atoms with E-state index >= 15 is 0 Å². The number of rotatable bonds is 3. The predicted octanol–water partition coefficient (Wildman–Crippen LogP) is 2.18. The van der Waals surface area contributed by atoms with E-state index in [-0.39, 0.29) is 18.0 Å². The second-order valence-electron chi connectivity index (χ2n) is 6.20. The number of nitrogens with one attached hydrogen (secondary N) is 2.